The summed E-state index contributed by atoms with van der Waals surface area (Å²) in [5.41, 5.74) is 1.45. The number of carbonyl (C=O) groups is 1. The fourth-order valence-electron chi connectivity index (χ4n) is 5.34. The summed E-state index contributed by atoms with van der Waals surface area (Å²) in [5.74, 6) is 0.589. The van der Waals surface area contributed by atoms with Crippen molar-refractivity contribution >= 4 is 21.6 Å². The predicted octanol–water partition coefficient (Wildman–Crippen LogP) is 2.30. The number of amides is 1. The number of sulfonamides is 1. The van der Waals surface area contributed by atoms with Crippen molar-refractivity contribution in [2.45, 2.75) is 37.6 Å². The van der Waals surface area contributed by atoms with Crippen molar-refractivity contribution in [3.63, 3.8) is 0 Å². The molecule has 2 aliphatic rings. The van der Waals surface area contributed by atoms with Crippen molar-refractivity contribution in [2.24, 2.45) is 5.92 Å². The van der Waals surface area contributed by atoms with E-state index in [1.165, 1.54) is 14.0 Å². The van der Waals surface area contributed by atoms with Crippen molar-refractivity contribution in [3.8, 4) is 5.75 Å². The van der Waals surface area contributed by atoms with E-state index >= 15 is 0 Å². The fourth-order valence-corrected chi connectivity index (χ4v) is 7.05. The fraction of sp³-hybridized carbons (Fsp3) is 0.400. The third-order valence-electron chi connectivity index (χ3n) is 6.99. The van der Waals surface area contributed by atoms with Crippen LogP contribution in [-0.2, 0) is 21.4 Å². The lowest BCUT2D eigenvalue weighted by molar-refractivity contribution is -0.132. The van der Waals surface area contributed by atoms with Crippen LogP contribution in [0, 0.1) is 19.8 Å². The molecule has 2 unspecified atom stereocenters. The van der Waals surface area contributed by atoms with E-state index in [4.69, 9.17) is 9.26 Å². The van der Waals surface area contributed by atoms with E-state index in [1.807, 2.05) is 6.07 Å². The van der Waals surface area contributed by atoms with Crippen molar-refractivity contribution < 1.29 is 22.5 Å². The zero-order valence-corrected chi connectivity index (χ0v) is 21.2. The van der Waals surface area contributed by atoms with Gasteiger partial charge in [0.05, 0.1) is 12.8 Å². The largest absolute Gasteiger partial charge is 0.497 e. The van der Waals surface area contributed by atoms with E-state index < -0.39 is 10.0 Å². The molecule has 5 rings (SSSR count). The second-order valence-corrected chi connectivity index (χ2v) is 11.2. The van der Waals surface area contributed by atoms with E-state index in [-0.39, 0.29) is 46.2 Å². The number of ether oxygens (including phenoxy) is 1. The Labute approximate surface area is 209 Å². The van der Waals surface area contributed by atoms with E-state index in [1.54, 1.807) is 52.8 Å². The molecule has 190 valence electrons. The number of nitrogens with zero attached hydrogens (tertiary/aromatic N) is 4. The minimum absolute atomic E-state index is 0.0294. The molecule has 2 aromatic heterocycles. The third kappa shape index (κ3) is 4.17. The highest BCUT2D eigenvalue weighted by Crippen LogP contribution is 2.35. The molecule has 0 radical (unpaired) electrons. The SMILES string of the molecule is COc1ccc(N(CC(=O)N2CC3CC(C2)c2cccc(=O)n2C3)S(=O)(=O)c2c(C)noc2C)cc1. The Balaban J connectivity index is 1.46. The summed E-state index contributed by atoms with van der Waals surface area (Å²) in [4.78, 5) is 27.6. The van der Waals surface area contributed by atoms with Gasteiger partial charge in [0.2, 0.25) is 5.91 Å². The molecule has 2 aliphatic heterocycles. The van der Waals surface area contributed by atoms with Gasteiger partial charge in [-0.15, -0.1) is 0 Å². The molecule has 0 aliphatic carbocycles. The predicted molar refractivity (Wildman–Crippen MR) is 132 cm³/mol. The first kappa shape index (κ1) is 24.1. The number of carbonyl (C=O) groups excluding carboxylic acids is 1. The number of anilines is 1. The Morgan fingerprint density at radius 1 is 1.14 bits per heavy atom. The lowest BCUT2D eigenvalue weighted by atomic mass is 9.83. The molecule has 2 atom stereocenters. The van der Waals surface area contributed by atoms with Gasteiger partial charge in [0, 0.05) is 37.3 Å². The van der Waals surface area contributed by atoms with Crippen LogP contribution >= 0.6 is 0 Å². The molecular weight excluding hydrogens is 484 g/mol. The summed E-state index contributed by atoms with van der Waals surface area (Å²) in [5, 5.41) is 3.80. The molecule has 11 heteroatoms. The number of pyridine rings is 1. The Morgan fingerprint density at radius 3 is 2.56 bits per heavy atom. The molecule has 10 nitrogen and oxygen atoms in total. The summed E-state index contributed by atoms with van der Waals surface area (Å²) in [6.07, 6.45) is 0.896. The monoisotopic (exact) mass is 512 g/mol. The van der Waals surface area contributed by atoms with E-state index in [2.05, 4.69) is 5.16 Å². The number of fused-ring (bicyclic) bond motifs is 4. The number of aromatic nitrogens is 2. The number of piperidine rings is 1. The zero-order valence-electron chi connectivity index (χ0n) is 20.4. The van der Waals surface area contributed by atoms with Crippen LogP contribution < -0.4 is 14.6 Å². The molecule has 3 aromatic rings. The summed E-state index contributed by atoms with van der Waals surface area (Å²) in [6, 6.07) is 11.7. The maximum absolute atomic E-state index is 13.8. The summed E-state index contributed by atoms with van der Waals surface area (Å²) >= 11 is 0. The summed E-state index contributed by atoms with van der Waals surface area (Å²) in [6.45, 7) is 4.17. The topological polar surface area (TPSA) is 115 Å². The minimum Gasteiger partial charge on any atom is -0.497 e. The normalized spacial score (nSPS) is 19.0. The molecule has 0 N–H and O–H groups in total. The number of aryl methyl sites for hydroxylation is 2. The van der Waals surface area contributed by atoms with Crippen molar-refractivity contribution in [2.75, 3.05) is 31.0 Å². The number of rotatable bonds is 6. The van der Waals surface area contributed by atoms with Gasteiger partial charge in [-0.1, -0.05) is 11.2 Å². The number of methoxy groups -OCH3 is 1. The van der Waals surface area contributed by atoms with Crippen LogP contribution in [0.3, 0.4) is 0 Å². The van der Waals surface area contributed by atoms with E-state index in [0.29, 0.717) is 31.1 Å². The van der Waals surface area contributed by atoms with Crippen LogP contribution in [0.2, 0.25) is 0 Å². The lowest BCUT2D eigenvalue weighted by Gasteiger charge is -2.43. The number of hydrogen-bond acceptors (Lipinski definition) is 7. The molecule has 36 heavy (non-hydrogen) atoms. The summed E-state index contributed by atoms with van der Waals surface area (Å²) < 4.78 is 40.8. The molecule has 0 spiro atoms. The smallest absolute Gasteiger partial charge is 0.270 e. The Hall–Kier alpha value is -3.60. The van der Waals surface area contributed by atoms with Gasteiger partial charge >= 0.3 is 0 Å². The van der Waals surface area contributed by atoms with Crippen LogP contribution in [-0.4, -0.2) is 55.7 Å². The first-order valence-electron chi connectivity index (χ1n) is 11.8. The standard InChI is InChI=1S/C25H28N4O6S/c1-16-25(17(2)35-26-16)36(32,33)29(20-7-9-21(34-3)10-8-20)15-24(31)27-12-18-11-19(14-27)22-5-4-6-23(30)28(22)13-18/h4-10,18-19H,11-15H2,1-3H3. The van der Waals surface area contributed by atoms with E-state index in [9.17, 15) is 18.0 Å². The van der Waals surface area contributed by atoms with Crippen molar-refractivity contribution in [3.05, 3.63) is 70.0 Å². The van der Waals surface area contributed by atoms with Crippen molar-refractivity contribution in [1.82, 2.24) is 14.6 Å². The molecule has 1 aromatic carbocycles. The van der Waals surface area contributed by atoms with E-state index in [0.717, 1.165) is 16.4 Å². The van der Waals surface area contributed by atoms with Gasteiger partial charge in [-0.25, -0.2) is 8.42 Å². The van der Waals surface area contributed by atoms with Gasteiger partial charge in [-0.3, -0.25) is 13.9 Å². The highest BCUT2D eigenvalue weighted by atomic mass is 32.2. The second kappa shape index (κ2) is 9.12. The average Bonchev–Trinajstić information content (AvgIpc) is 3.21. The van der Waals surface area contributed by atoms with Crippen LogP contribution in [0.1, 0.15) is 29.5 Å². The number of benzene rings is 1. The molecule has 1 saturated heterocycles. The van der Waals surface area contributed by atoms with Gasteiger partial charge in [0.25, 0.3) is 15.6 Å². The van der Waals surface area contributed by atoms with Gasteiger partial charge < -0.3 is 18.7 Å². The number of likely N-dealkylation sites (tertiary alicyclic amines) is 1. The first-order valence-corrected chi connectivity index (χ1v) is 13.2. The summed E-state index contributed by atoms with van der Waals surface area (Å²) in [7, 11) is -2.63. The quantitative estimate of drug-likeness (QED) is 0.498. The van der Waals surface area contributed by atoms with Crippen molar-refractivity contribution in [1.29, 1.82) is 0 Å². The highest BCUT2D eigenvalue weighted by molar-refractivity contribution is 7.93. The maximum Gasteiger partial charge on any atom is 0.270 e. The zero-order chi connectivity index (χ0) is 25.6. The first-order chi connectivity index (χ1) is 17.2. The van der Waals surface area contributed by atoms with Gasteiger partial charge in [-0.05, 0) is 56.5 Å². The van der Waals surface area contributed by atoms with Crippen LogP contribution in [0.4, 0.5) is 5.69 Å². The van der Waals surface area contributed by atoms with Gasteiger partial charge in [0.15, 0.2) is 10.7 Å². The molecule has 4 heterocycles. The molecule has 2 bridgehead atoms. The van der Waals surface area contributed by atoms with Crippen LogP contribution in [0.15, 0.2) is 56.7 Å². The molecule has 1 fully saturated rings. The lowest BCUT2D eigenvalue weighted by Crippen LogP contribution is -2.52. The Kier molecular flexibility index (Phi) is 6.11. The number of hydrogen-bond donors (Lipinski definition) is 0. The average molecular weight is 513 g/mol. The Morgan fingerprint density at radius 2 is 1.89 bits per heavy atom. The maximum atomic E-state index is 13.8. The highest BCUT2D eigenvalue weighted by Gasteiger charge is 2.38. The third-order valence-corrected chi connectivity index (χ3v) is 9.01. The van der Waals surface area contributed by atoms with Crippen LogP contribution in [0.25, 0.3) is 0 Å². The molecule has 0 saturated carbocycles. The minimum atomic E-state index is -4.16. The van der Waals surface area contributed by atoms with Gasteiger partial charge in [-0.2, -0.15) is 0 Å². The van der Waals surface area contributed by atoms with Crippen LogP contribution in [0.5, 0.6) is 5.75 Å². The molecular formula is C25H28N4O6S. The van der Waals surface area contributed by atoms with Gasteiger partial charge in [0.1, 0.15) is 18.0 Å². The Bertz CT molecular complexity index is 1440. The molecule has 1 amide bonds. The second-order valence-electron chi connectivity index (χ2n) is 9.36.